The molecule has 0 spiro atoms. The number of halogens is 2. The first-order valence-corrected chi connectivity index (χ1v) is 6.45. The predicted molar refractivity (Wildman–Crippen MR) is 75.4 cm³/mol. The molecule has 1 aromatic heterocycles. The van der Waals surface area contributed by atoms with Gasteiger partial charge in [-0.05, 0) is 18.1 Å². The van der Waals surface area contributed by atoms with Crippen molar-refractivity contribution in [2.24, 2.45) is 0 Å². The van der Waals surface area contributed by atoms with Crippen molar-refractivity contribution >= 4 is 29.2 Å². The van der Waals surface area contributed by atoms with Gasteiger partial charge >= 0.3 is 5.97 Å². The topological polar surface area (TPSA) is 83.0 Å². The number of nitrogens with one attached hydrogen (secondary N) is 1. The molecule has 1 atom stereocenters. The van der Waals surface area contributed by atoms with Gasteiger partial charge in [0.2, 0.25) is 0 Å². The molecule has 0 aliphatic rings. The number of aliphatic carboxylic acids is 1. The second kappa shape index (κ2) is 6.07. The lowest BCUT2D eigenvalue weighted by Gasteiger charge is -2.13. The fraction of sp³-hybridized carbons (Fsp3) is 0.154. The molecule has 1 unspecified atom stereocenters. The molecule has 0 radical (unpaired) electrons. The number of H-pyrrole nitrogens is 1. The van der Waals surface area contributed by atoms with Crippen LogP contribution >= 0.6 is 23.2 Å². The highest BCUT2D eigenvalue weighted by Gasteiger charge is 2.26. The third-order valence-corrected chi connectivity index (χ3v) is 3.57. The molecule has 20 heavy (non-hydrogen) atoms. The summed E-state index contributed by atoms with van der Waals surface area (Å²) < 4.78 is 0. The number of aromatic nitrogens is 2. The number of nitrogens with zero attached hydrogens (tertiary/aromatic N) is 1. The van der Waals surface area contributed by atoms with Crippen LogP contribution in [0.3, 0.4) is 0 Å². The van der Waals surface area contributed by atoms with E-state index in [2.05, 4.69) is 9.97 Å². The summed E-state index contributed by atoms with van der Waals surface area (Å²) in [5.74, 6) is -2.16. The molecular weight excluding hydrogens is 303 g/mol. The Morgan fingerprint density at radius 2 is 2.05 bits per heavy atom. The van der Waals surface area contributed by atoms with E-state index in [0.717, 1.165) is 6.33 Å². The van der Waals surface area contributed by atoms with Gasteiger partial charge in [0.15, 0.2) is 0 Å². The SMILES string of the molecule is O=C(O)C(Cc1ccccc1Cl)c1nc[nH]c(=O)c1Cl. The van der Waals surface area contributed by atoms with E-state index in [1.807, 2.05) is 0 Å². The van der Waals surface area contributed by atoms with E-state index in [1.165, 1.54) is 0 Å². The molecule has 0 saturated heterocycles. The first-order chi connectivity index (χ1) is 9.50. The molecule has 7 heteroatoms. The van der Waals surface area contributed by atoms with Gasteiger partial charge in [-0.2, -0.15) is 0 Å². The zero-order valence-corrected chi connectivity index (χ0v) is 11.6. The fourth-order valence-corrected chi connectivity index (χ4v) is 2.27. The van der Waals surface area contributed by atoms with Crippen LogP contribution in [0.4, 0.5) is 0 Å². The minimum absolute atomic E-state index is 0.0304. The molecule has 0 fully saturated rings. The lowest BCUT2D eigenvalue weighted by Crippen LogP contribution is -2.20. The Morgan fingerprint density at radius 3 is 2.70 bits per heavy atom. The minimum atomic E-state index is -1.12. The number of rotatable bonds is 4. The maximum atomic E-state index is 11.4. The Labute approximate surface area is 124 Å². The van der Waals surface area contributed by atoms with Crippen molar-refractivity contribution in [3.63, 3.8) is 0 Å². The zero-order chi connectivity index (χ0) is 14.7. The summed E-state index contributed by atoms with van der Waals surface area (Å²) in [4.78, 5) is 29.0. The van der Waals surface area contributed by atoms with Crippen LogP contribution in [-0.4, -0.2) is 21.0 Å². The van der Waals surface area contributed by atoms with Crippen LogP contribution in [0.5, 0.6) is 0 Å². The smallest absolute Gasteiger partial charge is 0.312 e. The second-order valence-corrected chi connectivity index (χ2v) is 4.90. The number of hydrogen-bond donors (Lipinski definition) is 2. The quantitative estimate of drug-likeness (QED) is 0.908. The minimum Gasteiger partial charge on any atom is -0.481 e. The van der Waals surface area contributed by atoms with Crippen LogP contribution in [0, 0.1) is 0 Å². The van der Waals surface area contributed by atoms with Crippen molar-refractivity contribution in [3.05, 3.63) is 62.2 Å². The molecule has 0 saturated carbocycles. The van der Waals surface area contributed by atoms with Gasteiger partial charge in [-0.1, -0.05) is 41.4 Å². The van der Waals surface area contributed by atoms with E-state index in [9.17, 15) is 14.7 Å². The molecule has 5 nitrogen and oxygen atoms in total. The zero-order valence-electron chi connectivity index (χ0n) is 10.1. The summed E-state index contributed by atoms with van der Waals surface area (Å²) in [6.07, 6.45) is 1.23. The lowest BCUT2D eigenvalue weighted by molar-refractivity contribution is -0.138. The van der Waals surface area contributed by atoms with Gasteiger partial charge in [-0.15, -0.1) is 0 Å². The number of aromatic amines is 1. The molecule has 1 heterocycles. The van der Waals surface area contributed by atoms with Crippen molar-refractivity contribution in [2.45, 2.75) is 12.3 Å². The van der Waals surface area contributed by atoms with Crippen molar-refractivity contribution < 1.29 is 9.90 Å². The number of carboxylic acid groups (broad SMARTS) is 1. The largest absolute Gasteiger partial charge is 0.481 e. The molecule has 0 bridgehead atoms. The number of benzene rings is 1. The van der Waals surface area contributed by atoms with Gasteiger partial charge in [-0.3, -0.25) is 9.59 Å². The predicted octanol–water partition coefficient (Wildman–Crippen LogP) is 2.49. The molecule has 104 valence electrons. The van der Waals surface area contributed by atoms with Crippen molar-refractivity contribution in [2.75, 3.05) is 0 Å². The van der Waals surface area contributed by atoms with E-state index < -0.39 is 17.4 Å². The summed E-state index contributed by atoms with van der Waals surface area (Å²) in [5.41, 5.74) is 0.115. The maximum absolute atomic E-state index is 11.4. The average molecular weight is 313 g/mol. The van der Waals surface area contributed by atoms with Crippen molar-refractivity contribution in [3.8, 4) is 0 Å². The average Bonchev–Trinajstić information content (AvgIpc) is 2.41. The van der Waals surface area contributed by atoms with E-state index in [-0.39, 0.29) is 17.1 Å². The van der Waals surface area contributed by atoms with E-state index >= 15 is 0 Å². The summed E-state index contributed by atoms with van der Waals surface area (Å²) in [7, 11) is 0. The summed E-state index contributed by atoms with van der Waals surface area (Å²) in [5, 5.41) is 9.58. The number of hydrogen-bond acceptors (Lipinski definition) is 3. The van der Waals surface area contributed by atoms with Gasteiger partial charge < -0.3 is 10.1 Å². The molecule has 1 aromatic carbocycles. The fourth-order valence-electron chi connectivity index (χ4n) is 1.82. The molecule has 2 N–H and O–H groups in total. The van der Waals surface area contributed by atoms with Gasteiger partial charge in [0.05, 0.1) is 12.0 Å². The Balaban J connectivity index is 2.43. The third-order valence-electron chi connectivity index (χ3n) is 2.83. The Morgan fingerprint density at radius 1 is 1.35 bits per heavy atom. The highest BCUT2D eigenvalue weighted by atomic mass is 35.5. The Hall–Kier alpha value is -1.85. The van der Waals surface area contributed by atoms with Crippen molar-refractivity contribution in [1.29, 1.82) is 0 Å². The van der Waals surface area contributed by atoms with Crippen LogP contribution in [0.15, 0.2) is 35.4 Å². The van der Waals surface area contributed by atoms with Gasteiger partial charge in [-0.25, -0.2) is 4.98 Å². The highest BCUT2D eigenvalue weighted by molar-refractivity contribution is 6.31. The molecule has 0 aliphatic carbocycles. The normalized spacial score (nSPS) is 12.1. The van der Waals surface area contributed by atoms with Crippen LogP contribution in [0.25, 0.3) is 0 Å². The summed E-state index contributed by atoms with van der Waals surface area (Å²) in [6, 6.07) is 6.90. The third kappa shape index (κ3) is 3.00. The molecule has 0 amide bonds. The van der Waals surface area contributed by atoms with Crippen LogP contribution in [-0.2, 0) is 11.2 Å². The summed E-state index contributed by atoms with van der Waals surface area (Å²) in [6.45, 7) is 0. The first-order valence-electron chi connectivity index (χ1n) is 5.70. The molecule has 2 aromatic rings. The number of carbonyl (C=O) groups is 1. The van der Waals surface area contributed by atoms with Crippen LogP contribution < -0.4 is 5.56 Å². The van der Waals surface area contributed by atoms with Gasteiger partial charge in [0.1, 0.15) is 10.9 Å². The van der Waals surface area contributed by atoms with E-state index in [0.29, 0.717) is 10.6 Å². The Kier molecular flexibility index (Phi) is 4.42. The van der Waals surface area contributed by atoms with Crippen LogP contribution in [0.1, 0.15) is 17.2 Å². The maximum Gasteiger partial charge on any atom is 0.312 e. The van der Waals surface area contributed by atoms with E-state index in [4.69, 9.17) is 23.2 Å². The van der Waals surface area contributed by atoms with Gasteiger partial charge in [0, 0.05) is 5.02 Å². The monoisotopic (exact) mass is 312 g/mol. The Bertz CT molecular complexity index is 700. The standard InChI is InChI=1S/C13H10Cl2N2O3/c14-9-4-2-1-3-7(9)5-8(13(19)20)11-10(15)12(18)17-6-16-11/h1-4,6,8H,5H2,(H,19,20)(H,16,17,18). The molecule has 0 aliphatic heterocycles. The van der Waals surface area contributed by atoms with E-state index in [1.54, 1.807) is 24.3 Å². The molecular formula is C13H10Cl2N2O3. The van der Waals surface area contributed by atoms with Gasteiger partial charge in [0.25, 0.3) is 5.56 Å². The van der Waals surface area contributed by atoms with Crippen molar-refractivity contribution in [1.82, 2.24) is 9.97 Å². The highest BCUT2D eigenvalue weighted by Crippen LogP contribution is 2.26. The second-order valence-electron chi connectivity index (χ2n) is 4.12. The number of carboxylic acids is 1. The first kappa shape index (κ1) is 14.6. The van der Waals surface area contributed by atoms with Crippen LogP contribution in [0.2, 0.25) is 10.0 Å². The summed E-state index contributed by atoms with van der Waals surface area (Å²) >= 11 is 11.9. The lowest BCUT2D eigenvalue weighted by atomic mass is 9.96. The molecule has 2 rings (SSSR count).